The normalized spacial score (nSPS) is 10.2. The Balaban J connectivity index is 2.15. The van der Waals surface area contributed by atoms with Crippen LogP contribution in [0.5, 0.6) is 5.75 Å². The second-order valence-corrected chi connectivity index (χ2v) is 5.88. The lowest BCUT2D eigenvalue weighted by Gasteiger charge is -2.21. The molecule has 0 aromatic heterocycles. The first-order valence-electron chi connectivity index (χ1n) is 8.26. The molecule has 5 heteroatoms. The number of rotatable bonds is 6. The number of nitrogens with zero attached hydrogens (tertiary/aromatic N) is 1. The molecular formula is C20H24N2O3. The molecule has 2 rings (SSSR count). The largest absolute Gasteiger partial charge is 0.495 e. The minimum absolute atomic E-state index is 0.0576. The van der Waals surface area contributed by atoms with Gasteiger partial charge in [-0.05, 0) is 48.7 Å². The van der Waals surface area contributed by atoms with E-state index >= 15 is 0 Å². The van der Waals surface area contributed by atoms with E-state index in [-0.39, 0.29) is 18.4 Å². The monoisotopic (exact) mass is 340 g/mol. The molecule has 0 aliphatic heterocycles. The standard InChI is InChI=1S/C20H24N2O3/c1-5-16-7-9-17(10-8-16)22(15(3)23)13-20(24)21-18-12-14(2)6-11-19(18)25-4/h6-12H,5,13H2,1-4H3,(H,21,24). The quantitative estimate of drug-likeness (QED) is 0.875. The Morgan fingerprint density at radius 2 is 1.80 bits per heavy atom. The highest BCUT2D eigenvalue weighted by atomic mass is 16.5. The summed E-state index contributed by atoms with van der Waals surface area (Å²) in [5, 5.41) is 2.82. The molecule has 0 bridgehead atoms. The lowest BCUT2D eigenvalue weighted by atomic mass is 10.1. The molecule has 0 fully saturated rings. The van der Waals surface area contributed by atoms with Crippen LogP contribution < -0.4 is 15.0 Å². The average molecular weight is 340 g/mol. The minimum atomic E-state index is -0.279. The van der Waals surface area contributed by atoms with Crippen molar-refractivity contribution in [1.29, 1.82) is 0 Å². The molecule has 0 spiro atoms. The predicted octanol–water partition coefficient (Wildman–Crippen LogP) is 3.56. The maximum Gasteiger partial charge on any atom is 0.244 e. The van der Waals surface area contributed by atoms with Crippen molar-refractivity contribution < 1.29 is 14.3 Å². The van der Waals surface area contributed by atoms with Gasteiger partial charge >= 0.3 is 0 Å². The molecular weight excluding hydrogens is 316 g/mol. The van der Waals surface area contributed by atoms with E-state index in [2.05, 4.69) is 12.2 Å². The third-order valence-electron chi connectivity index (χ3n) is 3.97. The van der Waals surface area contributed by atoms with Crippen molar-refractivity contribution in [2.75, 3.05) is 23.9 Å². The summed E-state index contributed by atoms with van der Waals surface area (Å²) >= 11 is 0. The number of anilines is 2. The summed E-state index contributed by atoms with van der Waals surface area (Å²) in [6.45, 7) is 5.40. The second-order valence-electron chi connectivity index (χ2n) is 5.88. The number of amides is 2. The van der Waals surface area contributed by atoms with E-state index in [0.29, 0.717) is 17.1 Å². The van der Waals surface area contributed by atoms with Gasteiger partial charge in [0.25, 0.3) is 0 Å². The molecule has 132 valence electrons. The molecule has 0 heterocycles. The molecule has 0 aliphatic rings. The highest BCUT2D eigenvalue weighted by molar-refractivity contribution is 6.02. The van der Waals surface area contributed by atoms with Gasteiger partial charge in [-0.25, -0.2) is 0 Å². The molecule has 0 unspecified atom stereocenters. The van der Waals surface area contributed by atoms with Crippen molar-refractivity contribution in [2.24, 2.45) is 0 Å². The summed E-state index contributed by atoms with van der Waals surface area (Å²) in [7, 11) is 1.55. The molecule has 1 N–H and O–H groups in total. The smallest absolute Gasteiger partial charge is 0.244 e. The van der Waals surface area contributed by atoms with Crippen molar-refractivity contribution in [3.63, 3.8) is 0 Å². The average Bonchev–Trinajstić information content (AvgIpc) is 2.60. The van der Waals surface area contributed by atoms with Gasteiger partial charge < -0.3 is 15.0 Å². The first kappa shape index (κ1) is 18.5. The Kier molecular flexibility index (Phi) is 6.17. The van der Waals surface area contributed by atoms with E-state index in [1.165, 1.54) is 17.4 Å². The van der Waals surface area contributed by atoms with Crippen molar-refractivity contribution in [2.45, 2.75) is 27.2 Å². The number of nitrogens with one attached hydrogen (secondary N) is 1. The van der Waals surface area contributed by atoms with Crippen LogP contribution in [-0.4, -0.2) is 25.5 Å². The molecule has 0 saturated heterocycles. The third-order valence-corrected chi connectivity index (χ3v) is 3.97. The highest BCUT2D eigenvalue weighted by Gasteiger charge is 2.17. The van der Waals surface area contributed by atoms with Gasteiger partial charge in [0, 0.05) is 12.6 Å². The number of carbonyl (C=O) groups excluding carboxylic acids is 2. The minimum Gasteiger partial charge on any atom is -0.495 e. The first-order chi connectivity index (χ1) is 11.9. The second kappa shape index (κ2) is 8.33. The molecule has 0 radical (unpaired) electrons. The Bertz CT molecular complexity index is 754. The summed E-state index contributed by atoms with van der Waals surface area (Å²) in [6, 6.07) is 13.2. The van der Waals surface area contributed by atoms with E-state index < -0.39 is 0 Å². The summed E-state index contributed by atoms with van der Waals surface area (Å²) in [5.74, 6) is 0.120. The van der Waals surface area contributed by atoms with E-state index in [1.807, 2.05) is 43.3 Å². The highest BCUT2D eigenvalue weighted by Crippen LogP contribution is 2.25. The lowest BCUT2D eigenvalue weighted by Crippen LogP contribution is -2.36. The van der Waals surface area contributed by atoms with Crippen LogP contribution in [0.3, 0.4) is 0 Å². The van der Waals surface area contributed by atoms with Crippen LogP contribution in [-0.2, 0) is 16.0 Å². The van der Waals surface area contributed by atoms with Gasteiger partial charge in [-0.1, -0.05) is 25.1 Å². The number of benzene rings is 2. The third kappa shape index (κ3) is 4.83. The van der Waals surface area contributed by atoms with E-state index in [1.54, 1.807) is 13.2 Å². The molecule has 25 heavy (non-hydrogen) atoms. The van der Waals surface area contributed by atoms with Gasteiger partial charge in [0.1, 0.15) is 12.3 Å². The number of aryl methyl sites for hydroxylation is 2. The van der Waals surface area contributed by atoms with Gasteiger partial charge in [0.2, 0.25) is 11.8 Å². The number of hydrogen-bond acceptors (Lipinski definition) is 3. The zero-order valence-electron chi connectivity index (χ0n) is 15.1. The van der Waals surface area contributed by atoms with Gasteiger partial charge in [0.05, 0.1) is 12.8 Å². The fraction of sp³-hybridized carbons (Fsp3) is 0.300. The van der Waals surface area contributed by atoms with Gasteiger partial charge in [0.15, 0.2) is 0 Å². The maximum absolute atomic E-state index is 12.4. The molecule has 0 aliphatic carbocycles. The fourth-order valence-electron chi connectivity index (χ4n) is 2.55. The van der Waals surface area contributed by atoms with Crippen LogP contribution in [0.15, 0.2) is 42.5 Å². The molecule has 5 nitrogen and oxygen atoms in total. The molecule has 2 aromatic rings. The molecule has 2 amide bonds. The number of ether oxygens (including phenoxy) is 1. The van der Waals surface area contributed by atoms with E-state index in [4.69, 9.17) is 4.74 Å². The van der Waals surface area contributed by atoms with Gasteiger partial charge in [-0.2, -0.15) is 0 Å². The van der Waals surface area contributed by atoms with Crippen LogP contribution in [0.25, 0.3) is 0 Å². The fourth-order valence-corrected chi connectivity index (χ4v) is 2.55. The molecule has 2 aromatic carbocycles. The number of methoxy groups -OCH3 is 1. The Morgan fingerprint density at radius 1 is 1.12 bits per heavy atom. The summed E-state index contributed by atoms with van der Waals surface area (Å²) in [5.41, 5.74) is 3.49. The summed E-state index contributed by atoms with van der Waals surface area (Å²) in [4.78, 5) is 25.9. The zero-order chi connectivity index (χ0) is 18.4. The first-order valence-corrected chi connectivity index (χ1v) is 8.26. The van der Waals surface area contributed by atoms with Crippen LogP contribution in [0.2, 0.25) is 0 Å². The SMILES string of the molecule is CCc1ccc(N(CC(=O)Nc2cc(C)ccc2OC)C(C)=O)cc1. The summed E-state index contributed by atoms with van der Waals surface area (Å²) < 4.78 is 5.27. The number of hydrogen-bond donors (Lipinski definition) is 1. The van der Waals surface area contributed by atoms with Crippen LogP contribution in [0.1, 0.15) is 25.0 Å². The molecule has 0 saturated carbocycles. The van der Waals surface area contributed by atoms with Crippen LogP contribution >= 0.6 is 0 Å². The molecule has 0 atom stereocenters. The predicted molar refractivity (Wildman–Crippen MR) is 100 cm³/mol. The Morgan fingerprint density at radius 3 is 2.36 bits per heavy atom. The number of carbonyl (C=O) groups is 2. The zero-order valence-corrected chi connectivity index (χ0v) is 15.1. The topological polar surface area (TPSA) is 58.6 Å². The van der Waals surface area contributed by atoms with Crippen molar-refractivity contribution in [3.05, 3.63) is 53.6 Å². The van der Waals surface area contributed by atoms with E-state index in [0.717, 1.165) is 12.0 Å². The van der Waals surface area contributed by atoms with Crippen molar-refractivity contribution in [1.82, 2.24) is 0 Å². The van der Waals surface area contributed by atoms with E-state index in [9.17, 15) is 9.59 Å². The van der Waals surface area contributed by atoms with Gasteiger partial charge in [-0.3, -0.25) is 9.59 Å². The lowest BCUT2D eigenvalue weighted by molar-refractivity contribution is -0.120. The summed E-state index contributed by atoms with van der Waals surface area (Å²) in [6.07, 6.45) is 0.925. The maximum atomic E-state index is 12.4. The Labute approximate surface area is 148 Å². The Hall–Kier alpha value is -2.82. The van der Waals surface area contributed by atoms with Crippen molar-refractivity contribution in [3.8, 4) is 5.75 Å². The van der Waals surface area contributed by atoms with Crippen LogP contribution in [0.4, 0.5) is 11.4 Å². The van der Waals surface area contributed by atoms with Crippen molar-refractivity contribution >= 4 is 23.2 Å². The van der Waals surface area contributed by atoms with Crippen LogP contribution in [0, 0.1) is 6.92 Å². The van der Waals surface area contributed by atoms with Gasteiger partial charge in [-0.15, -0.1) is 0 Å².